The van der Waals surface area contributed by atoms with Crippen molar-refractivity contribution in [3.05, 3.63) is 35.6 Å². The number of nitrogens with zero attached hydrogens (tertiary/aromatic N) is 3. The van der Waals surface area contributed by atoms with Gasteiger partial charge in [0.2, 0.25) is 5.91 Å². The van der Waals surface area contributed by atoms with Crippen LogP contribution in [0.15, 0.2) is 24.3 Å². The van der Waals surface area contributed by atoms with Gasteiger partial charge in [0.15, 0.2) is 0 Å². The lowest BCUT2D eigenvalue weighted by atomic mass is 9.94. The molecule has 1 atom stereocenters. The quantitative estimate of drug-likeness (QED) is 0.801. The maximum absolute atomic E-state index is 13.1. The van der Waals surface area contributed by atoms with Crippen LogP contribution in [0, 0.1) is 11.7 Å². The highest BCUT2D eigenvalue weighted by molar-refractivity contribution is 5.94. The summed E-state index contributed by atoms with van der Waals surface area (Å²) in [4.78, 5) is 31.8. The first-order valence-corrected chi connectivity index (χ1v) is 10.7. The third-order valence-electron chi connectivity index (χ3n) is 6.63. The molecule has 2 aliphatic heterocycles. The van der Waals surface area contributed by atoms with Crippen LogP contribution in [0.3, 0.4) is 0 Å². The van der Waals surface area contributed by atoms with E-state index < -0.39 is 0 Å². The van der Waals surface area contributed by atoms with Gasteiger partial charge in [-0.25, -0.2) is 4.39 Å². The zero-order valence-electron chi connectivity index (χ0n) is 16.5. The van der Waals surface area contributed by atoms with Crippen molar-refractivity contribution < 1.29 is 14.0 Å². The molecule has 0 unspecified atom stereocenters. The summed E-state index contributed by atoms with van der Waals surface area (Å²) in [5.41, 5.74) is 0.500. The molecule has 1 aromatic rings. The van der Waals surface area contributed by atoms with Gasteiger partial charge in [0, 0.05) is 44.3 Å². The van der Waals surface area contributed by atoms with Crippen molar-refractivity contribution in [1.82, 2.24) is 14.7 Å². The fourth-order valence-corrected chi connectivity index (χ4v) is 4.93. The summed E-state index contributed by atoms with van der Waals surface area (Å²) >= 11 is 0. The van der Waals surface area contributed by atoms with E-state index in [0.29, 0.717) is 37.8 Å². The Morgan fingerprint density at radius 1 is 0.821 bits per heavy atom. The van der Waals surface area contributed by atoms with Crippen LogP contribution in [-0.4, -0.2) is 71.8 Å². The van der Waals surface area contributed by atoms with Gasteiger partial charge in [-0.1, -0.05) is 19.3 Å². The predicted octanol–water partition coefficient (Wildman–Crippen LogP) is 2.76. The SMILES string of the molecule is O=C(c1ccc(F)cc1)N1CCN(C(=O)[C@@H]2CCN(C3CCCCC3)C2)CC1. The van der Waals surface area contributed by atoms with Gasteiger partial charge >= 0.3 is 0 Å². The predicted molar refractivity (Wildman–Crippen MR) is 105 cm³/mol. The minimum atomic E-state index is -0.342. The maximum Gasteiger partial charge on any atom is 0.253 e. The van der Waals surface area contributed by atoms with Crippen LogP contribution in [0.2, 0.25) is 0 Å². The molecule has 2 saturated heterocycles. The third-order valence-corrected chi connectivity index (χ3v) is 6.63. The molecule has 3 aliphatic rings. The highest BCUT2D eigenvalue weighted by Gasteiger charge is 2.36. The summed E-state index contributed by atoms with van der Waals surface area (Å²) in [6.07, 6.45) is 7.53. The molecule has 3 fully saturated rings. The summed E-state index contributed by atoms with van der Waals surface area (Å²) in [6, 6.07) is 6.34. The Morgan fingerprint density at radius 2 is 1.46 bits per heavy atom. The first-order chi connectivity index (χ1) is 13.6. The van der Waals surface area contributed by atoms with Crippen molar-refractivity contribution in [3.63, 3.8) is 0 Å². The second-order valence-electron chi connectivity index (χ2n) is 8.40. The minimum Gasteiger partial charge on any atom is -0.339 e. The van der Waals surface area contributed by atoms with Crippen molar-refractivity contribution in [2.75, 3.05) is 39.3 Å². The van der Waals surface area contributed by atoms with E-state index in [4.69, 9.17) is 0 Å². The molecule has 0 bridgehead atoms. The lowest BCUT2D eigenvalue weighted by Gasteiger charge is -2.36. The van der Waals surface area contributed by atoms with Crippen molar-refractivity contribution in [2.45, 2.75) is 44.6 Å². The summed E-state index contributed by atoms with van der Waals surface area (Å²) in [7, 11) is 0. The van der Waals surface area contributed by atoms with Crippen LogP contribution in [-0.2, 0) is 4.79 Å². The summed E-state index contributed by atoms with van der Waals surface area (Å²) in [5.74, 6) is -0.0595. The number of hydrogen-bond donors (Lipinski definition) is 0. The number of rotatable bonds is 3. The Balaban J connectivity index is 1.27. The standard InChI is InChI=1S/C22H30FN3O2/c23-19-8-6-17(7-9-19)21(27)24-12-14-25(15-13-24)22(28)18-10-11-26(16-18)20-4-2-1-3-5-20/h6-9,18,20H,1-5,10-16H2/t18-/m1/s1. The number of likely N-dealkylation sites (tertiary alicyclic amines) is 1. The molecule has 5 nitrogen and oxygen atoms in total. The average Bonchev–Trinajstić information content (AvgIpc) is 3.24. The zero-order chi connectivity index (χ0) is 19.5. The van der Waals surface area contributed by atoms with Crippen LogP contribution >= 0.6 is 0 Å². The van der Waals surface area contributed by atoms with Crippen LogP contribution in [0.1, 0.15) is 48.9 Å². The van der Waals surface area contributed by atoms with E-state index in [1.54, 1.807) is 4.90 Å². The summed E-state index contributed by atoms with van der Waals surface area (Å²) in [6.45, 7) is 4.21. The van der Waals surface area contributed by atoms with Gasteiger partial charge < -0.3 is 9.80 Å². The topological polar surface area (TPSA) is 43.9 Å². The molecule has 0 spiro atoms. The molecule has 28 heavy (non-hydrogen) atoms. The maximum atomic E-state index is 13.1. The Hall–Kier alpha value is -1.95. The number of benzene rings is 1. The van der Waals surface area contributed by atoms with E-state index in [9.17, 15) is 14.0 Å². The largest absolute Gasteiger partial charge is 0.339 e. The average molecular weight is 387 g/mol. The van der Waals surface area contributed by atoms with E-state index in [1.807, 2.05) is 4.90 Å². The van der Waals surface area contributed by atoms with Gasteiger partial charge in [-0.15, -0.1) is 0 Å². The van der Waals surface area contributed by atoms with E-state index in [-0.39, 0.29) is 23.5 Å². The van der Waals surface area contributed by atoms with Crippen LogP contribution in [0.4, 0.5) is 4.39 Å². The smallest absolute Gasteiger partial charge is 0.253 e. The Kier molecular flexibility index (Phi) is 5.95. The molecule has 0 radical (unpaired) electrons. The molecule has 6 heteroatoms. The Labute approximate surface area is 166 Å². The Bertz CT molecular complexity index is 694. The number of carbonyl (C=O) groups is 2. The molecule has 0 aromatic heterocycles. The van der Waals surface area contributed by atoms with Gasteiger partial charge in [0.25, 0.3) is 5.91 Å². The first-order valence-electron chi connectivity index (χ1n) is 10.7. The number of hydrogen-bond acceptors (Lipinski definition) is 3. The lowest BCUT2D eigenvalue weighted by molar-refractivity contribution is -0.136. The summed E-state index contributed by atoms with van der Waals surface area (Å²) < 4.78 is 13.1. The van der Waals surface area contributed by atoms with Crippen LogP contribution in [0.25, 0.3) is 0 Å². The van der Waals surface area contributed by atoms with E-state index in [0.717, 1.165) is 19.5 Å². The van der Waals surface area contributed by atoms with Crippen molar-refractivity contribution >= 4 is 11.8 Å². The van der Waals surface area contributed by atoms with Gasteiger partial charge in [-0.05, 0) is 50.1 Å². The fourth-order valence-electron chi connectivity index (χ4n) is 4.93. The molecule has 1 saturated carbocycles. The van der Waals surface area contributed by atoms with Gasteiger partial charge in [-0.2, -0.15) is 0 Å². The number of amides is 2. The second-order valence-corrected chi connectivity index (χ2v) is 8.40. The molecular formula is C22H30FN3O2. The number of piperazine rings is 1. The van der Waals surface area contributed by atoms with Crippen LogP contribution in [0.5, 0.6) is 0 Å². The number of halogens is 1. The first kappa shape index (κ1) is 19.4. The molecule has 4 rings (SSSR count). The highest BCUT2D eigenvalue weighted by atomic mass is 19.1. The van der Waals surface area contributed by atoms with E-state index in [1.165, 1.54) is 56.4 Å². The van der Waals surface area contributed by atoms with Crippen molar-refractivity contribution in [1.29, 1.82) is 0 Å². The molecule has 0 N–H and O–H groups in total. The zero-order valence-corrected chi connectivity index (χ0v) is 16.5. The normalized spacial score (nSPS) is 24.5. The van der Waals surface area contributed by atoms with Gasteiger partial charge in [0.05, 0.1) is 5.92 Å². The monoisotopic (exact) mass is 387 g/mol. The Morgan fingerprint density at radius 3 is 2.14 bits per heavy atom. The molecule has 152 valence electrons. The van der Waals surface area contributed by atoms with Gasteiger partial charge in [0.1, 0.15) is 5.82 Å². The molecule has 1 aliphatic carbocycles. The van der Waals surface area contributed by atoms with E-state index >= 15 is 0 Å². The number of carbonyl (C=O) groups excluding carboxylic acids is 2. The molecule has 2 heterocycles. The molecular weight excluding hydrogens is 357 g/mol. The fraction of sp³-hybridized carbons (Fsp3) is 0.636. The molecule has 2 amide bonds. The molecule has 1 aromatic carbocycles. The minimum absolute atomic E-state index is 0.0866. The third kappa shape index (κ3) is 4.22. The highest BCUT2D eigenvalue weighted by Crippen LogP contribution is 2.28. The van der Waals surface area contributed by atoms with E-state index in [2.05, 4.69) is 4.90 Å². The van der Waals surface area contributed by atoms with Crippen molar-refractivity contribution in [2.24, 2.45) is 5.92 Å². The lowest BCUT2D eigenvalue weighted by Crippen LogP contribution is -2.52. The second kappa shape index (κ2) is 8.60. The summed E-state index contributed by atoms with van der Waals surface area (Å²) in [5, 5.41) is 0. The van der Waals surface area contributed by atoms with Crippen molar-refractivity contribution in [3.8, 4) is 0 Å². The van der Waals surface area contributed by atoms with Crippen LogP contribution < -0.4 is 0 Å². The van der Waals surface area contributed by atoms with Gasteiger partial charge in [-0.3, -0.25) is 14.5 Å².